The molecule has 1 fully saturated rings. The molecule has 21 heavy (non-hydrogen) atoms. The molecule has 0 aromatic heterocycles. The van der Waals surface area contributed by atoms with Crippen molar-refractivity contribution in [1.82, 2.24) is 0 Å². The van der Waals surface area contributed by atoms with E-state index in [0.717, 1.165) is 5.56 Å². The lowest BCUT2D eigenvalue weighted by Gasteiger charge is -2.41. The van der Waals surface area contributed by atoms with Crippen LogP contribution in [0.25, 0.3) is 0 Å². The highest BCUT2D eigenvalue weighted by atomic mass is 19.3. The van der Waals surface area contributed by atoms with Gasteiger partial charge in [0.15, 0.2) is 0 Å². The summed E-state index contributed by atoms with van der Waals surface area (Å²) < 4.78 is 33.4. The van der Waals surface area contributed by atoms with Crippen molar-refractivity contribution in [1.29, 1.82) is 0 Å². The SMILES string of the molecule is CCOc1cc(C)ccc1NC(=O)C(F)(F)C1(O)CCC1. The third-order valence-electron chi connectivity index (χ3n) is 3.74. The third kappa shape index (κ3) is 2.85. The number of halogens is 2. The molecule has 0 unspecified atom stereocenters. The van der Waals surface area contributed by atoms with E-state index in [0.29, 0.717) is 18.8 Å². The van der Waals surface area contributed by atoms with Gasteiger partial charge in [-0.1, -0.05) is 6.07 Å². The van der Waals surface area contributed by atoms with Gasteiger partial charge in [-0.15, -0.1) is 0 Å². The van der Waals surface area contributed by atoms with E-state index in [9.17, 15) is 18.7 Å². The molecular weight excluding hydrogens is 280 g/mol. The third-order valence-corrected chi connectivity index (χ3v) is 3.74. The summed E-state index contributed by atoms with van der Waals surface area (Å²) in [6.07, 6.45) is 0.355. The first-order valence-electron chi connectivity index (χ1n) is 6.95. The van der Waals surface area contributed by atoms with E-state index >= 15 is 0 Å². The summed E-state index contributed by atoms with van der Waals surface area (Å²) >= 11 is 0. The van der Waals surface area contributed by atoms with Crippen LogP contribution in [0, 0.1) is 6.92 Å². The predicted octanol–water partition coefficient (Wildman–Crippen LogP) is 2.88. The number of alkyl halides is 2. The average molecular weight is 299 g/mol. The summed E-state index contributed by atoms with van der Waals surface area (Å²) in [5.74, 6) is -4.99. The second-order valence-electron chi connectivity index (χ2n) is 5.35. The Labute approximate surface area is 122 Å². The second-order valence-corrected chi connectivity index (χ2v) is 5.35. The molecule has 0 heterocycles. The molecule has 0 saturated heterocycles. The zero-order chi connectivity index (χ0) is 15.7. The normalized spacial score (nSPS) is 17.0. The number of carbonyl (C=O) groups is 1. The molecule has 0 atom stereocenters. The summed E-state index contributed by atoms with van der Waals surface area (Å²) in [6, 6.07) is 4.86. The number of anilines is 1. The number of aliphatic hydroxyl groups is 1. The minimum Gasteiger partial charge on any atom is -0.492 e. The number of rotatable bonds is 5. The summed E-state index contributed by atoms with van der Waals surface area (Å²) in [4.78, 5) is 11.8. The number of amides is 1. The molecule has 1 aromatic rings. The van der Waals surface area contributed by atoms with Crippen LogP contribution in [-0.2, 0) is 4.79 Å². The van der Waals surface area contributed by atoms with Crippen molar-refractivity contribution < 1.29 is 23.4 Å². The molecule has 4 nitrogen and oxygen atoms in total. The Morgan fingerprint density at radius 2 is 2.14 bits per heavy atom. The highest BCUT2D eigenvalue weighted by Crippen LogP contribution is 2.45. The van der Waals surface area contributed by atoms with E-state index in [1.54, 1.807) is 19.1 Å². The highest BCUT2D eigenvalue weighted by molar-refractivity contribution is 5.98. The van der Waals surface area contributed by atoms with Gasteiger partial charge in [0.1, 0.15) is 11.4 Å². The molecule has 1 saturated carbocycles. The lowest BCUT2D eigenvalue weighted by atomic mass is 9.75. The number of carbonyl (C=O) groups excluding carboxylic acids is 1. The topological polar surface area (TPSA) is 58.6 Å². The fraction of sp³-hybridized carbons (Fsp3) is 0.533. The molecule has 1 amide bonds. The van der Waals surface area contributed by atoms with Crippen LogP contribution >= 0.6 is 0 Å². The van der Waals surface area contributed by atoms with Gasteiger partial charge in [0, 0.05) is 0 Å². The van der Waals surface area contributed by atoms with Crippen molar-refractivity contribution in [3.63, 3.8) is 0 Å². The Morgan fingerprint density at radius 3 is 2.67 bits per heavy atom. The number of hydrogen-bond acceptors (Lipinski definition) is 3. The molecule has 0 radical (unpaired) electrons. The fourth-order valence-electron chi connectivity index (χ4n) is 2.25. The summed E-state index contributed by atoms with van der Waals surface area (Å²) in [6.45, 7) is 3.95. The van der Waals surface area contributed by atoms with Crippen molar-refractivity contribution in [2.24, 2.45) is 0 Å². The van der Waals surface area contributed by atoms with Gasteiger partial charge >= 0.3 is 5.92 Å². The monoisotopic (exact) mass is 299 g/mol. The van der Waals surface area contributed by atoms with Crippen LogP contribution < -0.4 is 10.1 Å². The number of ether oxygens (including phenoxy) is 1. The Morgan fingerprint density at radius 1 is 1.48 bits per heavy atom. The van der Waals surface area contributed by atoms with Gasteiger partial charge in [0.05, 0.1) is 12.3 Å². The Hall–Kier alpha value is -1.69. The number of hydrogen-bond donors (Lipinski definition) is 2. The molecule has 0 aliphatic heterocycles. The van der Waals surface area contributed by atoms with Crippen molar-refractivity contribution in [2.45, 2.75) is 44.6 Å². The first-order chi connectivity index (χ1) is 9.80. The zero-order valence-electron chi connectivity index (χ0n) is 12.1. The smallest absolute Gasteiger partial charge is 0.352 e. The van der Waals surface area contributed by atoms with Gasteiger partial charge in [0.2, 0.25) is 0 Å². The van der Waals surface area contributed by atoms with Crippen LogP contribution in [0.2, 0.25) is 0 Å². The Kier molecular flexibility index (Phi) is 4.18. The number of aryl methyl sites for hydroxylation is 1. The minimum absolute atomic E-state index is 0.0698. The molecule has 2 N–H and O–H groups in total. The van der Waals surface area contributed by atoms with E-state index in [4.69, 9.17) is 4.74 Å². The molecular formula is C15H19F2NO3. The van der Waals surface area contributed by atoms with Crippen molar-refractivity contribution >= 4 is 11.6 Å². The van der Waals surface area contributed by atoms with E-state index < -0.39 is 17.4 Å². The van der Waals surface area contributed by atoms with Crippen molar-refractivity contribution in [3.8, 4) is 5.75 Å². The van der Waals surface area contributed by atoms with Crippen molar-refractivity contribution in [3.05, 3.63) is 23.8 Å². The maximum atomic E-state index is 14.0. The summed E-state index contributed by atoms with van der Waals surface area (Å²) in [5, 5.41) is 11.9. The fourth-order valence-corrected chi connectivity index (χ4v) is 2.25. The van der Waals surface area contributed by atoms with E-state index in [1.807, 2.05) is 6.92 Å². The van der Waals surface area contributed by atoms with Crippen LogP contribution in [-0.4, -0.2) is 29.1 Å². The van der Waals surface area contributed by atoms with Gasteiger partial charge in [-0.25, -0.2) is 0 Å². The summed E-state index contributed by atoms with van der Waals surface area (Å²) in [7, 11) is 0. The quantitative estimate of drug-likeness (QED) is 0.879. The molecule has 0 spiro atoms. The number of benzene rings is 1. The minimum atomic E-state index is -3.82. The molecule has 1 aliphatic carbocycles. The molecule has 2 rings (SSSR count). The van der Waals surface area contributed by atoms with E-state index in [-0.39, 0.29) is 18.5 Å². The van der Waals surface area contributed by atoms with Gasteiger partial charge in [-0.3, -0.25) is 4.79 Å². The van der Waals surface area contributed by atoms with Gasteiger partial charge < -0.3 is 15.2 Å². The van der Waals surface area contributed by atoms with Crippen molar-refractivity contribution in [2.75, 3.05) is 11.9 Å². The van der Waals surface area contributed by atoms with Crippen LogP contribution in [0.15, 0.2) is 18.2 Å². The first-order valence-corrected chi connectivity index (χ1v) is 6.95. The Balaban J connectivity index is 2.19. The molecule has 1 aliphatic rings. The standard InChI is InChI=1S/C15H19F2NO3/c1-3-21-12-9-10(2)5-6-11(12)18-13(19)15(16,17)14(20)7-4-8-14/h5-6,9,20H,3-4,7-8H2,1-2H3,(H,18,19). The lowest BCUT2D eigenvalue weighted by Crippen LogP contribution is -2.59. The van der Waals surface area contributed by atoms with E-state index in [1.165, 1.54) is 6.07 Å². The first kappa shape index (κ1) is 15.7. The second kappa shape index (κ2) is 5.60. The maximum absolute atomic E-state index is 14.0. The molecule has 0 bridgehead atoms. The maximum Gasteiger partial charge on any atom is 0.352 e. The summed E-state index contributed by atoms with van der Waals surface area (Å²) in [5.41, 5.74) is -1.16. The van der Waals surface area contributed by atoms with Crippen LogP contribution in [0.5, 0.6) is 5.75 Å². The van der Waals surface area contributed by atoms with E-state index in [2.05, 4.69) is 5.32 Å². The largest absolute Gasteiger partial charge is 0.492 e. The molecule has 1 aromatic carbocycles. The number of nitrogens with one attached hydrogen (secondary N) is 1. The molecule has 116 valence electrons. The van der Waals surface area contributed by atoms with Crippen LogP contribution in [0.3, 0.4) is 0 Å². The Bertz CT molecular complexity index is 542. The van der Waals surface area contributed by atoms with Crippen LogP contribution in [0.4, 0.5) is 14.5 Å². The molecule has 6 heteroatoms. The van der Waals surface area contributed by atoms with Gasteiger partial charge in [-0.05, 0) is 50.8 Å². The highest BCUT2D eigenvalue weighted by Gasteiger charge is 2.61. The van der Waals surface area contributed by atoms with Gasteiger partial charge in [-0.2, -0.15) is 8.78 Å². The van der Waals surface area contributed by atoms with Crippen LogP contribution in [0.1, 0.15) is 31.7 Å². The average Bonchev–Trinajstić information content (AvgIpc) is 2.39. The van der Waals surface area contributed by atoms with Gasteiger partial charge in [0.25, 0.3) is 5.91 Å². The lowest BCUT2D eigenvalue weighted by molar-refractivity contribution is -0.212. The predicted molar refractivity (Wildman–Crippen MR) is 74.7 cm³/mol. The zero-order valence-corrected chi connectivity index (χ0v) is 12.1.